The zero-order valence-corrected chi connectivity index (χ0v) is 16.2. The number of hydrogen-bond donors (Lipinski definition) is 0. The second-order valence-electron chi connectivity index (χ2n) is 4.76. The molecule has 0 fully saturated rings. The highest BCUT2D eigenvalue weighted by molar-refractivity contribution is 6.30. The van der Waals surface area contributed by atoms with E-state index in [0.29, 0.717) is 0 Å². The SMILES string of the molecule is C#CC#CC#CC#CC#CC#CC.COc1cccc(-c2cccc(Cl)c2)c1. The first-order chi connectivity index (χ1) is 13.7. The van der Waals surface area contributed by atoms with Gasteiger partial charge in [-0.2, -0.15) is 0 Å². The summed E-state index contributed by atoms with van der Waals surface area (Å²) >= 11 is 5.94. The fourth-order valence-corrected chi connectivity index (χ4v) is 1.98. The van der Waals surface area contributed by atoms with E-state index >= 15 is 0 Å². The van der Waals surface area contributed by atoms with E-state index in [1.165, 1.54) is 0 Å². The minimum absolute atomic E-state index is 0.746. The average Bonchev–Trinajstić information content (AvgIpc) is 2.73. The predicted molar refractivity (Wildman–Crippen MR) is 117 cm³/mol. The van der Waals surface area contributed by atoms with Crippen LogP contribution in [-0.4, -0.2) is 7.11 Å². The maximum absolute atomic E-state index is 5.94. The number of methoxy groups -OCH3 is 1. The fourth-order valence-electron chi connectivity index (χ4n) is 1.79. The van der Waals surface area contributed by atoms with E-state index in [2.05, 4.69) is 65.1 Å². The molecule has 0 unspecified atom stereocenters. The van der Waals surface area contributed by atoms with Crippen molar-refractivity contribution in [3.63, 3.8) is 0 Å². The van der Waals surface area contributed by atoms with Crippen LogP contribution >= 0.6 is 11.6 Å². The molecule has 0 aromatic heterocycles. The van der Waals surface area contributed by atoms with Gasteiger partial charge in [-0.1, -0.05) is 41.8 Å². The average molecular weight is 379 g/mol. The molecule has 0 aliphatic heterocycles. The van der Waals surface area contributed by atoms with Crippen LogP contribution in [0.2, 0.25) is 5.02 Å². The van der Waals surface area contributed by atoms with E-state index in [1.54, 1.807) is 14.0 Å². The van der Waals surface area contributed by atoms with Crippen molar-refractivity contribution in [2.45, 2.75) is 6.92 Å². The third-order valence-electron chi connectivity index (χ3n) is 2.92. The maximum Gasteiger partial charge on any atom is 0.119 e. The molecular formula is C26H15ClO. The van der Waals surface area contributed by atoms with Crippen LogP contribution in [0.1, 0.15) is 6.92 Å². The minimum atomic E-state index is 0.746. The van der Waals surface area contributed by atoms with E-state index in [4.69, 9.17) is 22.8 Å². The zero-order chi connectivity index (χ0) is 20.5. The van der Waals surface area contributed by atoms with Crippen LogP contribution in [-0.2, 0) is 0 Å². The lowest BCUT2D eigenvalue weighted by molar-refractivity contribution is 0.415. The van der Waals surface area contributed by atoms with Crippen LogP contribution in [0.25, 0.3) is 11.1 Å². The smallest absolute Gasteiger partial charge is 0.119 e. The van der Waals surface area contributed by atoms with Crippen molar-refractivity contribution < 1.29 is 4.74 Å². The molecule has 0 radical (unpaired) electrons. The van der Waals surface area contributed by atoms with E-state index < -0.39 is 0 Å². The molecule has 0 aliphatic rings. The molecule has 0 heterocycles. The summed E-state index contributed by atoms with van der Waals surface area (Å²) in [6.07, 6.45) is 4.86. The lowest BCUT2D eigenvalue weighted by Gasteiger charge is -2.04. The molecule has 0 spiro atoms. The molecule has 2 aromatic rings. The Balaban J connectivity index is 0.000000284. The molecule has 0 saturated heterocycles. The normalized spacial score (nSPS) is 7.07. The number of hydrogen-bond acceptors (Lipinski definition) is 1. The predicted octanol–water partition coefficient (Wildman–Crippen LogP) is 4.67. The van der Waals surface area contributed by atoms with E-state index in [0.717, 1.165) is 21.9 Å². The summed E-state index contributed by atoms with van der Waals surface area (Å²) in [6, 6.07) is 15.7. The van der Waals surface area contributed by atoms with Crippen LogP contribution in [0.5, 0.6) is 5.75 Å². The first-order valence-electron chi connectivity index (χ1n) is 7.98. The highest BCUT2D eigenvalue weighted by Crippen LogP contribution is 2.25. The standard InChI is InChI=1S/C13H11ClO.C13H4/c1-15-13-7-3-5-11(9-13)10-4-2-6-12(14)8-10;1-3-5-7-9-11-13-12-10-8-6-4-2/h2-9H,1H3;1H,2H3. The Bertz CT molecular complexity index is 1160. The van der Waals surface area contributed by atoms with Gasteiger partial charge in [-0.15, -0.1) is 6.42 Å². The number of halogens is 1. The molecule has 132 valence electrons. The maximum atomic E-state index is 5.94. The molecule has 0 N–H and O–H groups in total. The number of terminal acetylenes is 1. The molecule has 2 aromatic carbocycles. The van der Waals surface area contributed by atoms with Crippen molar-refractivity contribution >= 4 is 11.6 Å². The summed E-state index contributed by atoms with van der Waals surface area (Å²) in [5.41, 5.74) is 2.21. The molecular weight excluding hydrogens is 364 g/mol. The third-order valence-corrected chi connectivity index (χ3v) is 3.16. The summed E-state index contributed by atoms with van der Waals surface area (Å²) in [5.74, 6) is 27.8. The number of rotatable bonds is 2. The highest BCUT2D eigenvalue weighted by atomic mass is 35.5. The summed E-state index contributed by atoms with van der Waals surface area (Å²) in [5, 5.41) is 0.746. The third kappa shape index (κ3) is 9.39. The van der Waals surface area contributed by atoms with Crippen molar-refractivity contribution in [2.75, 3.05) is 7.11 Å². The lowest BCUT2D eigenvalue weighted by atomic mass is 10.1. The lowest BCUT2D eigenvalue weighted by Crippen LogP contribution is -1.83. The van der Waals surface area contributed by atoms with E-state index in [9.17, 15) is 0 Å². The van der Waals surface area contributed by atoms with E-state index in [1.807, 2.05) is 48.5 Å². The van der Waals surface area contributed by atoms with Gasteiger partial charge in [0.1, 0.15) is 5.75 Å². The van der Waals surface area contributed by atoms with E-state index in [-0.39, 0.29) is 0 Å². The number of benzene rings is 2. The van der Waals surface area contributed by atoms with Crippen molar-refractivity contribution in [3.8, 4) is 88.4 Å². The molecule has 2 rings (SSSR count). The summed E-state index contributed by atoms with van der Waals surface area (Å²) in [4.78, 5) is 0. The fraction of sp³-hybridized carbons (Fsp3) is 0.0769. The molecule has 28 heavy (non-hydrogen) atoms. The van der Waals surface area contributed by atoms with Gasteiger partial charge in [0.15, 0.2) is 0 Å². The Morgan fingerprint density at radius 2 is 1.29 bits per heavy atom. The molecule has 0 saturated carbocycles. The van der Waals surface area contributed by atoms with Gasteiger partial charge in [0.2, 0.25) is 0 Å². The first-order valence-corrected chi connectivity index (χ1v) is 8.36. The van der Waals surface area contributed by atoms with Gasteiger partial charge in [0.05, 0.1) is 7.11 Å². The Kier molecular flexibility index (Phi) is 11.0. The van der Waals surface area contributed by atoms with Crippen molar-refractivity contribution in [2.24, 2.45) is 0 Å². The second-order valence-corrected chi connectivity index (χ2v) is 5.20. The van der Waals surface area contributed by atoms with Gasteiger partial charge in [-0.05, 0) is 102 Å². The quantitative estimate of drug-likeness (QED) is 0.690. The highest BCUT2D eigenvalue weighted by Gasteiger charge is 1.99. The van der Waals surface area contributed by atoms with Gasteiger partial charge in [0.25, 0.3) is 0 Å². The largest absolute Gasteiger partial charge is 0.497 e. The van der Waals surface area contributed by atoms with Crippen molar-refractivity contribution in [1.82, 2.24) is 0 Å². The van der Waals surface area contributed by atoms with Gasteiger partial charge >= 0.3 is 0 Å². The molecule has 1 nitrogen and oxygen atoms in total. The van der Waals surface area contributed by atoms with Gasteiger partial charge in [-0.3, -0.25) is 0 Å². The van der Waals surface area contributed by atoms with Crippen LogP contribution in [0, 0.1) is 71.5 Å². The molecule has 2 heteroatoms. The molecule has 0 bridgehead atoms. The Morgan fingerprint density at radius 1 is 0.750 bits per heavy atom. The van der Waals surface area contributed by atoms with Crippen LogP contribution in [0.4, 0.5) is 0 Å². The number of ether oxygens (including phenoxy) is 1. The van der Waals surface area contributed by atoms with Crippen molar-refractivity contribution in [3.05, 3.63) is 53.6 Å². The van der Waals surface area contributed by atoms with Crippen LogP contribution in [0.3, 0.4) is 0 Å². The second kappa shape index (κ2) is 14.1. The summed E-state index contributed by atoms with van der Waals surface area (Å²) < 4.78 is 5.17. The first kappa shape index (κ1) is 21.9. The monoisotopic (exact) mass is 378 g/mol. The Hall–Kier alpha value is -4.11. The molecule has 0 aliphatic carbocycles. The van der Waals surface area contributed by atoms with Gasteiger partial charge in [0, 0.05) is 5.02 Å². The zero-order valence-electron chi connectivity index (χ0n) is 15.5. The molecule has 0 atom stereocenters. The van der Waals surface area contributed by atoms with Gasteiger partial charge < -0.3 is 4.74 Å². The Labute approximate surface area is 172 Å². The van der Waals surface area contributed by atoms with Crippen LogP contribution < -0.4 is 4.74 Å². The Morgan fingerprint density at radius 3 is 1.82 bits per heavy atom. The van der Waals surface area contributed by atoms with Crippen molar-refractivity contribution in [1.29, 1.82) is 0 Å². The topological polar surface area (TPSA) is 9.23 Å². The minimum Gasteiger partial charge on any atom is -0.497 e. The summed E-state index contributed by atoms with van der Waals surface area (Å²) in [7, 11) is 1.66. The van der Waals surface area contributed by atoms with Crippen LogP contribution in [0.15, 0.2) is 48.5 Å². The van der Waals surface area contributed by atoms with Gasteiger partial charge in [-0.25, -0.2) is 0 Å². The summed E-state index contributed by atoms with van der Waals surface area (Å²) in [6.45, 7) is 1.71. The molecule has 0 amide bonds.